The SMILES string of the molecule is N#Cc1cccc(S(=O)(=O)N2CC=C(C(F)(F)F)CC2)c1. The Hall–Kier alpha value is -1.85. The summed E-state index contributed by atoms with van der Waals surface area (Å²) < 4.78 is 63.1. The molecular formula is C13H11F3N2O2S. The van der Waals surface area contributed by atoms with E-state index >= 15 is 0 Å². The molecule has 0 fully saturated rings. The van der Waals surface area contributed by atoms with Crippen LogP contribution in [0.2, 0.25) is 0 Å². The molecule has 21 heavy (non-hydrogen) atoms. The molecule has 8 heteroatoms. The van der Waals surface area contributed by atoms with Crippen molar-refractivity contribution in [3.8, 4) is 6.07 Å². The molecule has 1 heterocycles. The molecule has 0 amide bonds. The minimum absolute atomic E-state index is 0.0922. The van der Waals surface area contributed by atoms with Crippen molar-refractivity contribution in [3.05, 3.63) is 41.5 Å². The minimum Gasteiger partial charge on any atom is -0.207 e. The van der Waals surface area contributed by atoms with Crippen LogP contribution in [0.25, 0.3) is 0 Å². The zero-order valence-electron chi connectivity index (χ0n) is 10.8. The Kier molecular flexibility index (Phi) is 4.07. The Morgan fingerprint density at radius 1 is 1.29 bits per heavy atom. The molecule has 0 saturated heterocycles. The maximum absolute atomic E-state index is 12.5. The lowest BCUT2D eigenvalue weighted by Crippen LogP contribution is -2.36. The van der Waals surface area contributed by atoms with E-state index in [-0.39, 0.29) is 30.0 Å². The van der Waals surface area contributed by atoms with Crippen molar-refractivity contribution in [2.75, 3.05) is 13.1 Å². The summed E-state index contributed by atoms with van der Waals surface area (Å²) >= 11 is 0. The summed E-state index contributed by atoms with van der Waals surface area (Å²) in [6, 6.07) is 7.23. The summed E-state index contributed by atoms with van der Waals surface area (Å²) in [6.07, 6.45) is -3.91. The molecule has 1 aliphatic rings. The van der Waals surface area contributed by atoms with Crippen LogP contribution in [0.3, 0.4) is 0 Å². The summed E-state index contributed by atoms with van der Waals surface area (Å²) in [5, 5.41) is 8.77. The summed E-state index contributed by atoms with van der Waals surface area (Å²) in [5.41, 5.74) is -0.528. The van der Waals surface area contributed by atoms with Crippen LogP contribution in [0.1, 0.15) is 12.0 Å². The normalized spacial score (nSPS) is 17.1. The lowest BCUT2D eigenvalue weighted by atomic mass is 10.1. The highest BCUT2D eigenvalue weighted by atomic mass is 32.2. The van der Waals surface area contributed by atoms with E-state index in [1.807, 2.05) is 6.07 Å². The lowest BCUT2D eigenvalue weighted by Gasteiger charge is -2.26. The van der Waals surface area contributed by atoms with Crippen molar-refractivity contribution < 1.29 is 21.6 Å². The third-order valence-electron chi connectivity index (χ3n) is 3.14. The van der Waals surface area contributed by atoms with E-state index in [0.29, 0.717) is 0 Å². The summed E-state index contributed by atoms with van der Waals surface area (Å²) in [6.45, 7) is -0.557. The Morgan fingerprint density at radius 3 is 2.52 bits per heavy atom. The molecule has 0 N–H and O–H groups in total. The summed E-state index contributed by atoms with van der Waals surface area (Å²) in [7, 11) is -3.89. The smallest absolute Gasteiger partial charge is 0.207 e. The summed E-state index contributed by atoms with van der Waals surface area (Å²) in [4.78, 5) is -0.0922. The van der Waals surface area contributed by atoms with Gasteiger partial charge in [-0.2, -0.15) is 22.7 Å². The van der Waals surface area contributed by atoms with Crippen molar-refractivity contribution in [2.45, 2.75) is 17.5 Å². The molecule has 1 aromatic rings. The van der Waals surface area contributed by atoms with Gasteiger partial charge in [-0.3, -0.25) is 0 Å². The van der Waals surface area contributed by atoms with Gasteiger partial charge in [0.05, 0.1) is 16.5 Å². The molecule has 112 valence electrons. The minimum atomic E-state index is -4.42. The first-order chi connectivity index (χ1) is 9.75. The molecule has 0 bridgehead atoms. The van der Waals surface area contributed by atoms with E-state index in [2.05, 4.69) is 0 Å². The van der Waals surface area contributed by atoms with Gasteiger partial charge in [0.1, 0.15) is 0 Å². The molecule has 1 aliphatic heterocycles. The van der Waals surface area contributed by atoms with Crippen LogP contribution in [0.4, 0.5) is 13.2 Å². The fraction of sp³-hybridized carbons (Fsp3) is 0.308. The number of nitriles is 1. The molecule has 1 aromatic carbocycles. The largest absolute Gasteiger partial charge is 0.412 e. The van der Waals surface area contributed by atoms with Gasteiger partial charge in [-0.25, -0.2) is 8.42 Å². The zero-order chi connectivity index (χ0) is 15.7. The van der Waals surface area contributed by atoms with E-state index < -0.39 is 21.8 Å². The standard InChI is InChI=1S/C13H11F3N2O2S/c14-13(15,16)11-4-6-18(7-5-11)21(19,20)12-3-1-2-10(8-12)9-17/h1-4,8H,5-7H2. The van der Waals surface area contributed by atoms with E-state index in [1.165, 1.54) is 24.3 Å². The molecular weight excluding hydrogens is 305 g/mol. The van der Waals surface area contributed by atoms with Gasteiger partial charge in [0.15, 0.2) is 0 Å². The van der Waals surface area contributed by atoms with E-state index in [1.54, 1.807) is 0 Å². The van der Waals surface area contributed by atoms with Gasteiger partial charge in [-0.1, -0.05) is 12.1 Å². The van der Waals surface area contributed by atoms with Crippen LogP contribution in [0.5, 0.6) is 0 Å². The molecule has 0 aliphatic carbocycles. The van der Waals surface area contributed by atoms with Crippen LogP contribution in [0, 0.1) is 11.3 Å². The highest BCUT2D eigenvalue weighted by Crippen LogP contribution is 2.31. The van der Waals surface area contributed by atoms with Crippen LogP contribution in [-0.4, -0.2) is 32.0 Å². The number of sulfonamides is 1. The molecule has 0 spiro atoms. The van der Waals surface area contributed by atoms with Gasteiger partial charge < -0.3 is 0 Å². The van der Waals surface area contributed by atoms with Crippen molar-refractivity contribution in [1.29, 1.82) is 5.26 Å². The monoisotopic (exact) mass is 316 g/mol. The quantitative estimate of drug-likeness (QED) is 0.787. The first kappa shape index (κ1) is 15.5. The number of nitrogens with zero attached hydrogens (tertiary/aromatic N) is 2. The third-order valence-corrected chi connectivity index (χ3v) is 5.00. The fourth-order valence-corrected chi connectivity index (χ4v) is 3.43. The number of rotatable bonds is 2. The highest BCUT2D eigenvalue weighted by Gasteiger charge is 2.37. The second-order valence-corrected chi connectivity index (χ2v) is 6.42. The number of hydrogen-bond acceptors (Lipinski definition) is 3. The Labute approximate surface area is 120 Å². The van der Waals surface area contributed by atoms with Gasteiger partial charge in [-0.05, 0) is 24.6 Å². The topological polar surface area (TPSA) is 61.2 Å². The molecule has 0 unspecified atom stereocenters. The highest BCUT2D eigenvalue weighted by molar-refractivity contribution is 7.89. The molecule has 0 aromatic heterocycles. The van der Waals surface area contributed by atoms with Crippen LogP contribution < -0.4 is 0 Å². The maximum atomic E-state index is 12.5. The van der Waals surface area contributed by atoms with E-state index in [9.17, 15) is 21.6 Å². The first-order valence-electron chi connectivity index (χ1n) is 6.01. The van der Waals surface area contributed by atoms with Gasteiger partial charge in [0.2, 0.25) is 10.0 Å². The number of halogens is 3. The zero-order valence-corrected chi connectivity index (χ0v) is 11.6. The average molecular weight is 316 g/mol. The van der Waals surface area contributed by atoms with Crippen molar-refractivity contribution >= 4 is 10.0 Å². The number of benzene rings is 1. The van der Waals surface area contributed by atoms with Crippen LogP contribution >= 0.6 is 0 Å². The molecule has 0 atom stereocenters. The summed E-state index contributed by atoms with van der Waals surface area (Å²) in [5.74, 6) is 0. The maximum Gasteiger partial charge on any atom is 0.412 e. The van der Waals surface area contributed by atoms with Gasteiger partial charge >= 0.3 is 6.18 Å². The predicted molar refractivity (Wildman–Crippen MR) is 68.7 cm³/mol. The first-order valence-corrected chi connectivity index (χ1v) is 7.45. The van der Waals surface area contributed by atoms with Crippen molar-refractivity contribution in [1.82, 2.24) is 4.31 Å². The van der Waals surface area contributed by atoms with Gasteiger partial charge in [0.25, 0.3) is 0 Å². The Bertz CT molecular complexity index is 718. The van der Waals surface area contributed by atoms with Crippen LogP contribution in [-0.2, 0) is 10.0 Å². The predicted octanol–water partition coefficient (Wildman–Crippen LogP) is 2.44. The van der Waals surface area contributed by atoms with Crippen LogP contribution in [0.15, 0.2) is 40.8 Å². The lowest BCUT2D eigenvalue weighted by molar-refractivity contribution is -0.0953. The van der Waals surface area contributed by atoms with Crippen molar-refractivity contribution in [3.63, 3.8) is 0 Å². The second kappa shape index (κ2) is 5.50. The average Bonchev–Trinajstić information content (AvgIpc) is 2.46. The molecule has 4 nitrogen and oxygen atoms in total. The Balaban J connectivity index is 2.27. The van der Waals surface area contributed by atoms with Crippen molar-refractivity contribution in [2.24, 2.45) is 0 Å². The number of hydrogen-bond donors (Lipinski definition) is 0. The molecule has 0 radical (unpaired) electrons. The molecule has 0 saturated carbocycles. The second-order valence-electron chi connectivity index (χ2n) is 4.48. The fourth-order valence-electron chi connectivity index (χ4n) is 2.00. The number of alkyl halides is 3. The van der Waals surface area contributed by atoms with E-state index in [4.69, 9.17) is 5.26 Å². The van der Waals surface area contributed by atoms with Gasteiger partial charge in [-0.15, -0.1) is 0 Å². The van der Waals surface area contributed by atoms with Gasteiger partial charge in [0, 0.05) is 18.7 Å². The Morgan fingerprint density at radius 2 is 2.00 bits per heavy atom. The van der Waals surface area contributed by atoms with E-state index in [0.717, 1.165) is 10.4 Å². The third kappa shape index (κ3) is 3.25. The molecule has 2 rings (SSSR count).